The van der Waals surface area contributed by atoms with E-state index in [4.69, 9.17) is 0 Å². The SMILES string of the molecule is Brc1ccc(C[n+]2ccccc2)c(Br)c1Br.[Br-]. The van der Waals surface area contributed by atoms with Crippen molar-refractivity contribution in [2.75, 3.05) is 0 Å². The second-order valence-electron chi connectivity index (χ2n) is 3.38. The van der Waals surface area contributed by atoms with Gasteiger partial charge in [0.1, 0.15) is 0 Å². The Morgan fingerprint density at radius 2 is 1.53 bits per heavy atom. The van der Waals surface area contributed by atoms with Crippen LogP contribution in [0.5, 0.6) is 0 Å². The van der Waals surface area contributed by atoms with Crippen LogP contribution in [0.1, 0.15) is 5.56 Å². The van der Waals surface area contributed by atoms with Crippen molar-refractivity contribution in [3.05, 3.63) is 61.7 Å². The molecule has 0 aliphatic carbocycles. The Bertz CT molecular complexity index is 499. The summed E-state index contributed by atoms with van der Waals surface area (Å²) < 4.78 is 5.35. The van der Waals surface area contributed by atoms with E-state index in [0.717, 1.165) is 20.0 Å². The summed E-state index contributed by atoms with van der Waals surface area (Å²) in [7, 11) is 0. The van der Waals surface area contributed by atoms with Crippen molar-refractivity contribution in [1.29, 1.82) is 0 Å². The molecule has 0 unspecified atom stereocenters. The van der Waals surface area contributed by atoms with E-state index in [1.54, 1.807) is 0 Å². The molecule has 0 saturated carbocycles. The number of pyridine rings is 1. The number of hydrogen-bond donors (Lipinski definition) is 0. The van der Waals surface area contributed by atoms with Gasteiger partial charge < -0.3 is 17.0 Å². The van der Waals surface area contributed by atoms with Crippen molar-refractivity contribution in [2.45, 2.75) is 6.54 Å². The Hall–Kier alpha value is 0.290. The highest BCUT2D eigenvalue weighted by molar-refractivity contribution is 9.14. The van der Waals surface area contributed by atoms with Gasteiger partial charge in [0.25, 0.3) is 0 Å². The summed E-state index contributed by atoms with van der Waals surface area (Å²) in [6, 6.07) is 10.2. The minimum Gasteiger partial charge on any atom is -1.00 e. The summed E-state index contributed by atoms with van der Waals surface area (Å²) in [6.07, 6.45) is 4.12. The second kappa shape index (κ2) is 7.02. The Morgan fingerprint density at radius 1 is 0.882 bits per heavy atom. The molecule has 2 rings (SSSR count). The van der Waals surface area contributed by atoms with Crippen LogP contribution in [0.3, 0.4) is 0 Å². The quantitative estimate of drug-likeness (QED) is 0.445. The van der Waals surface area contributed by atoms with E-state index in [9.17, 15) is 0 Å². The number of halogens is 4. The number of rotatable bonds is 2. The van der Waals surface area contributed by atoms with Gasteiger partial charge in [-0.1, -0.05) is 12.1 Å². The third-order valence-electron chi connectivity index (χ3n) is 2.25. The molecular formula is C12H9Br4N. The van der Waals surface area contributed by atoms with E-state index in [-0.39, 0.29) is 17.0 Å². The fourth-order valence-electron chi connectivity index (χ4n) is 1.42. The van der Waals surface area contributed by atoms with Gasteiger partial charge >= 0.3 is 0 Å². The Kier molecular flexibility index (Phi) is 6.34. The maximum absolute atomic E-state index is 3.60. The monoisotopic (exact) mass is 483 g/mol. The molecule has 2 aromatic rings. The van der Waals surface area contributed by atoms with Gasteiger partial charge in [0.05, 0.1) is 0 Å². The van der Waals surface area contributed by atoms with Crippen LogP contribution in [-0.4, -0.2) is 0 Å². The molecule has 0 fully saturated rings. The molecule has 0 radical (unpaired) electrons. The molecule has 0 bridgehead atoms. The van der Waals surface area contributed by atoms with Crippen molar-refractivity contribution in [3.8, 4) is 0 Å². The molecule has 0 spiro atoms. The maximum Gasteiger partial charge on any atom is 0.174 e. The first-order valence-corrected chi connectivity index (χ1v) is 7.13. The largest absolute Gasteiger partial charge is 1.00 e. The fourth-order valence-corrected chi connectivity index (χ4v) is 2.88. The molecule has 17 heavy (non-hydrogen) atoms. The smallest absolute Gasteiger partial charge is 0.174 e. The van der Waals surface area contributed by atoms with Crippen LogP contribution in [0, 0.1) is 0 Å². The summed E-state index contributed by atoms with van der Waals surface area (Å²) in [5, 5.41) is 0. The number of benzene rings is 1. The zero-order chi connectivity index (χ0) is 11.5. The van der Waals surface area contributed by atoms with Crippen molar-refractivity contribution in [2.24, 2.45) is 0 Å². The van der Waals surface area contributed by atoms with Gasteiger partial charge in [-0.15, -0.1) is 0 Å². The van der Waals surface area contributed by atoms with Gasteiger partial charge in [-0.3, -0.25) is 0 Å². The van der Waals surface area contributed by atoms with Crippen molar-refractivity contribution >= 4 is 47.8 Å². The van der Waals surface area contributed by atoms with Crippen LogP contribution in [0.4, 0.5) is 0 Å². The highest BCUT2D eigenvalue weighted by Gasteiger charge is 2.10. The van der Waals surface area contributed by atoms with Crippen LogP contribution in [0.25, 0.3) is 0 Å². The highest BCUT2D eigenvalue weighted by atomic mass is 79.9. The molecular weight excluding hydrogens is 478 g/mol. The molecule has 0 saturated heterocycles. The molecule has 0 aliphatic heterocycles. The summed E-state index contributed by atoms with van der Waals surface area (Å²) in [4.78, 5) is 0. The van der Waals surface area contributed by atoms with E-state index >= 15 is 0 Å². The van der Waals surface area contributed by atoms with Crippen molar-refractivity contribution < 1.29 is 21.5 Å². The lowest BCUT2D eigenvalue weighted by molar-refractivity contribution is -0.688. The summed E-state index contributed by atoms with van der Waals surface area (Å²) in [5.41, 5.74) is 1.24. The van der Waals surface area contributed by atoms with E-state index in [1.165, 1.54) is 5.56 Å². The van der Waals surface area contributed by atoms with Crippen LogP contribution in [0.2, 0.25) is 0 Å². The van der Waals surface area contributed by atoms with Crippen LogP contribution >= 0.6 is 47.8 Å². The van der Waals surface area contributed by atoms with Gasteiger partial charge in [0.15, 0.2) is 18.9 Å². The number of hydrogen-bond acceptors (Lipinski definition) is 0. The first-order valence-electron chi connectivity index (χ1n) is 4.75. The predicted octanol–water partition coefficient (Wildman–Crippen LogP) is 1.31. The lowest BCUT2D eigenvalue weighted by Crippen LogP contribution is -3.00. The Morgan fingerprint density at radius 3 is 2.18 bits per heavy atom. The zero-order valence-corrected chi connectivity index (χ0v) is 15.1. The molecule has 1 aromatic heterocycles. The van der Waals surface area contributed by atoms with Crippen LogP contribution < -0.4 is 21.5 Å². The lowest BCUT2D eigenvalue weighted by Gasteiger charge is -2.05. The molecule has 1 aromatic carbocycles. The minimum atomic E-state index is 0. The first-order chi connectivity index (χ1) is 7.68. The average molecular weight is 487 g/mol. The first kappa shape index (κ1) is 15.3. The van der Waals surface area contributed by atoms with E-state index in [0.29, 0.717) is 0 Å². The molecule has 0 atom stereocenters. The maximum atomic E-state index is 3.60. The third kappa shape index (κ3) is 3.88. The number of aromatic nitrogens is 1. The average Bonchev–Trinajstić information content (AvgIpc) is 2.31. The van der Waals surface area contributed by atoms with Crippen molar-refractivity contribution in [3.63, 3.8) is 0 Å². The molecule has 1 heterocycles. The third-order valence-corrected chi connectivity index (χ3v) is 5.70. The van der Waals surface area contributed by atoms with Crippen LogP contribution in [0.15, 0.2) is 56.1 Å². The van der Waals surface area contributed by atoms with Crippen molar-refractivity contribution in [1.82, 2.24) is 0 Å². The zero-order valence-electron chi connectivity index (χ0n) is 8.71. The van der Waals surface area contributed by atoms with Gasteiger partial charge in [0.2, 0.25) is 0 Å². The lowest BCUT2D eigenvalue weighted by atomic mass is 10.2. The highest BCUT2D eigenvalue weighted by Crippen LogP contribution is 2.33. The molecule has 1 nitrogen and oxygen atoms in total. The van der Waals surface area contributed by atoms with Gasteiger partial charge in [0, 0.05) is 31.1 Å². The topological polar surface area (TPSA) is 3.88 Å². The van der Waals surface area contributed by atoms with E-state index < -0.39 is 0 Å². The van der Waals surface area contributed by atoms with Gasteiger partial charge in [-0.05, 0) is 53.9 Å². The Labute approximate surface area is 136 Å². The van der Waals surface area contributed by atoms with Gasteiger partial charge in [-0.25, -0.2) is 4.57 Å². The summed E-state index contributed by atoms with van der Waals surface area (Å²) in [6.45, 7) is 0.854. The predicted molar refractivity (Wildman–Crippen MR) is 75.3 cm³/mol. The molecule has 0 aliphatic rings. The van der Waals surface area contributed by atoms with Crippen LogP contribution in [-0.2, 0) is 6.54 Å². The molecule has 0 N–H and O–H groups in total. The van der Waals surface area contributed by atoms with E-state index in [2.05, 4.69) is 70.8 Å². The molecule has 5 heteroatoms. The number of nitrogens with zero attached hydrogens (tertiary/aromatic N) is 1. The Balaban J connectivity index is 0.00000144. The molecule has 90 valence electrons. The van der Waals surface area contributed by atoms with Gasteiger partial charge in [-0.2, -0.15) is 0 Å². The molecule has 0 amide bonds. The minimum absolute atomic E-state index is 0. The fraction of sp³-hybridized carbons (Fsp3) is 0.0833. The summed E-state index contributed by atoms with van der Waals surface area (Å²) >= 11 is 10.6. The van der Waals surface area contributed by atoms with E-state index in [1.807, 2.05) is 24.3 Å². The normalized spacial score (nSPS) is 9.82. The summed E-state index contributed by atoms with van der Waals surface area (Å²) in [5.74, 6) is 0. The standard InChI is InChI=1S/C12H9Br3N.BrH/c13-10-5-4-9(11(14)12(10)15)8-16-6-2-1-3-7-16;/h1-7H,8H2;1H/q+1;/p-1. The second-order valence-corrected chi connectivity index (χ2v) is 5.82.